The van der Waals surface area contributed by atoms with Gasteiger partial charge in [0.25, 0.3) is 0 Å². The summed E-state index contributed by atoms with van der Waals surface area (Å²) < 4.78 is 5.31. The van der Waals surface area contributed by atoms with Crippen LogP contribution < -0.4 is 4.74 Å². The van der Waals surface area contributed by atoms with Gasteiger partial charge in [-0.05, 0) is 47.4 Å². The third-order valence-electron chi connectivity index (χ3n) is 2.91. The first kappa shape index (κ1) is 13.5. The van der Waals surface area contributed by atoms with Crippen LogP contribution in [0, 0.1) is 11.3 Å². The van der Waals surface area contributed by atoms with E-state index in [0.717, 1.165) is 33.9 Å². The second-order valence-electron chi connectivity index (χ2n) is 4.23. The van der Waals surface area contributed by atoms with Crippen molar-refractivity contribution in [2.24, 2.45) is 0 Å². The number of rotatable bonds is 4. The summed E-state index contributed by atoms with van der Waals surface area (Å²) in [6, 6.07) is 15.9. The van der Waals surface area contributed by atoms with Crippen LogP contribution in [0.5, 0.6) is 5.75 Å². The molecule has 2 rings (SSSR count). The molecule has 2 aromatic carbocycles. The number of aryl methyl sites for hydroxylation is 1. The Labute approximate surface area is 118 Å². The van der Waals surface area contributed by atoms with Crippen molar-refractivity contribution in [2.45, 2.75) is 12.8 Å². The molecule has 0 bridgehead atoms. The van der Waals surface area contributed by atoms with E-state index in [2.05, 4.69) is 12.1 Å². The maximum absolute atomic E-state index is 8.68. The van der Waals surface area contributed by atoms with Crippen LogP contribution in [0.25, 0.3) is 11.1 Å². The average Bonchev–Trinajstić information content (AvgIpc) is 2.45. The highest BCUT2D eigenvalue weighted by Crippen LogP contribution is 2.27. The van der Waals surface area contributed by atoms with E-state index in [9.17, 15) is 0 Å². The maximum atomic E-state index is 8.68. The van der Waals surface area contributed by atoms with Gasteiger partial charge in [-0.15, -0.1) is 0 Å². The second kappa shape index (κ2) is 6.26. The average molecular weight is 272 g/mol. The highest BCUT2D eigenvalue weighted by atomic mass is 35.5. The summed E-state index contributed by atoms with van der Waals surface area (Å²) in [6.07, 6.45) is 1.24. The predicted molar refractivity (Wildman–Crippen MR) is 77.4 cm³/mol. The van der Waals surface area contributed by atoms with E-state index in [1.807, 2.05) is 36.4 Å². The number of methoxy groups -OCH3 is 1. The molecule has 0 fully saturated rings. The monoisotopic (exact) mass is 271 g/mol. The van der Waals surface area contributed by atoms with E-state index in [1.54, 1.807) is 7.11 Å². The Morgan fingerprint density at radius 3 is 2.47 bits per heavy atom. The Morgan fingerprint density at radius 2 is 1.84 bits per heavy atom. The lowest BCUT2D eigenvalue weighted by Gasteiger charge is -2.09. The smallest absolute Gasteiger partial charge is 0.119 e. The van der Waals surface area contributed by atoms with Gasteiger partial charge in [-0.3, -0.25) is 0 Å². The fraction of sp³-hybridized carbons (Fsp3) is 0.188. The molecule has 19 heavy (non-hydrogen) atoms. The third-order valence-corrected chi connectivity index (χ3v) is 3.16. The number of hydrogen-bond donors (Lipinski definition) is 0. The van der Waals surface area contributed by atoms with Crippen molar-refractivity contribution in [3.05, 3.63) is 53.1 Å². The first-order valence-corrected chi connectivity index (χ1v) is 6.41. The lowest BCUT2D eigenvalue weighted by Crippen LogP contribution is -1.90. The van der Waals surface area contributed by atoms with Crippen LogP contribution in [-0.2, 0) is 6.42 Å². The maximum Gasteiger partial charge on any atom is 0.119 e. The zero-order valence-electron chi connectivity index (χ0n) is 10.7. The molecule has 0 saturated heterocycles. The number of nitriles is 1. The molecule has 0 aliphatic carbocycles. The van der Waals surface area contributed by atoms with Crippen molar-refractivity contribution in [2.75, 3.05) is 7.11 Å². The number of halogens is 1. The van der Waals surface area contributed by atoms with Crippen molar-refractivity contribution < 1.29 is 4.74 Å². The molecule has 0 unspecified atom stereocenters. The van der Waals surface area contributed by atoms with Crippen molar-refractivity contribution >= 4 is 11.6 Å². The van der Waals surface area contributed by atoms with E-state index in [1.165, 1.54) is 0 Å². The minimum atomic E-state index is 0.507. The van der Waals surface area contributed by atoms with E-state index in [4.69, 9.17) is 21.6 Å². The Hall–Kier alpha value is -1.98. The fourth-order valence-electron chi connectivity index (χ4n) is 1.93. The molecule has 0 atom stereocenters. The minimum absolute atomic E-state index is 0.507. The van der Waals surface area contributed by atoms with Gasteiger partial charge in [0.05, 0.1) is 13.2 Å². The predicted octanol–water partition coefficient (Wildman–Crippen LogP) is 4.47. The first-order chi connectivity index (χ1) is 9.22. The van der Waals surface area contributed by atoms with Crippen LogP contribution in [-0.4, -0.2) is 7.11 Å². The molecule has 0 spiro atoms. The topological polar surface area (TPSA) is 33.0 Å². The lowest BCUT2D eigenvalue weighted by atomic mass is 10.0. The van der Waals surface area contributed by atoms with Gasteiger partial charge in [0.2, 0.25) is 0 Å². The van der Waals surface area contributed by atoms with Gasteiger partial charge in [0.1, 0.15) is 5.75 Å². The summed E-state index contributed by atoms with van der Waals surface area (Å²) in [6.45, 7) is 0. The highest BCUT2D eigenvalue weighted by molar-refractivity contribution is 6.30. The standard InChI is InChI=1S/C16H14ClNO/c1-19-16-10-12(3-2-8-18)9-14(11-16)13-4-6-15(17)7-5-13/h4-7,9-11H,2-3H2,1H3. The molecule has 3 heteroatoms. The molecule has 0 heterocycles. The van der Waals surface area contributed by atoms with Gasteiger partial charge >= 0.3 is 0 Å². The minimum Gasteiger partial charge on any atom is -0.497 e. The summed E-state index contributed by atoms with van der Waals surface area (Å²) in [5.74, 6) is 0.806. The molecule has 0 aliphatic rings. The van der Waals surface area contributed by atoms with Crippen LogP contribution in [0.4, 0.5) is 0 Å². The zero-order valence-corrected chi connectivity index (χ0v) is 11.4. The van der Waals surface area contributed by atoms with Gasteiger partial charge in [-0.1, -0.05) is 29.8 Å². The molecule has 0 aromatic heterocycles. The van der Waals surface area contributed by atoms with E-state index < -0.39 is 0 Å². The number of ether oxygens (including phenoxy) is 1. The lowest BCUT2D eigenvalue weighted by molar-refractivity contribution is 0.414. The Balaban J connectivity index is 2.39. The Kier molecular flexibility index (Phi) is 4.43. The number of hydrogen-bond acceptors (Lipinski definition) is 2. The molecular weight excluding hydrogens is 258 g/mol. The van der Waals surface area contributed by atoms with Crippen molar-refractivity contribution in [1.29, 1.82) is 5.26 Å². The zero-order chi connectivity index (χ0) is 13.7. The fourth-order valence-corrected chi connectivity index (χ4v) is 2.06. The van der Waals surface area contributed by atoms with E-state index in [0.29, 0.717) is 6.42 Å². The third kappa shape index (κ3) is 3.49. The second-order valence-corrected chi connectivity index (χ2v) is 4.67. The molecule has 0 radical (unpaired) electrons. The molecule has 0 amide bonds. The molecule has 2 aromatic rings. The number of benzene rings is 2. The van der Waals surface area contributed by atoms with E-state index >= 15 is 0 Å². The first-order valence-electron chi connectivity index (χ1n) is 6.04. The largest absolute Gasteiger partial charge is 0.497 e. The van der Waals surface area contributed by atoms with Crippen LogP contribution in [0.15, 0.2) is 42.5 Å². The van der Waals surface area contributed by atoms with Gasteiger partial charge in [-0.25, -0.2) is 0 Å². The molecule has 2 nitrogen and oxygen atoms in total. The van der Waals surface area contributed by atoms with Crippen LogP contribution in [0.2, 0.25) is 5.02 Å². The van der Waals surface area contributed by atoms with Gasteiger partial charge in [0, 0.05) is 11.4 Å². The summed E-state index contributed by atoms with van der Waals surface area (Å²) in [7, 11) is 1.65. The summed E-state index contributed by atoms with van der Waals surface area (Å²) in [4.78, 5) is 0. The molecule has 0 aliphatic heterocycles. The van der Waals surface area contributed by atoms with Crippen molar-refractivity contribution in [1.82, 2.24) is 0 Å². The van der Waals surface area contributed by atoms with Crippen molar-refractivity contribution in [3.63, 3.8) is 0 Å². The summed E-state index contributed by atoms with van der Waals surface area (Å²) in [5.41, 5.74) is 3.26. The van der Waals surface area contributed by atoms with E-state index in [-0.39, 0.29) is 0 Å². The molecule has 96 valence electrons. The summed E-state index contributed by atoms with van der Waals surface area (Å²) in [5, 5.41) is 9.39. The van der Waals surface area contributed by atoms with Gasteiger partial charge in [-0.2, -0.15) is 5.26 Å². The van der Waals surface area contributed by atoms with Crippen LogP contribution in [0.1, 0.15) is 12.0 Å². The van der Waals surface area contributed by atoms with Gasteiger partial charge < -0.3 is 4.74 Å². The van der Waals surface area contributed by atoms with Gasteiger partial charge in [0.15, 0.2) is 0 Å². The normalized spacial score (nSPS) is 9.95. The molecule has 0 N–H and O–H groups in total. The van der Waals surface area contributed by atoms with Crippen LogP contribution >= 0.6 is 11.6 Å². The highest BCUT2D eigenvalue weighted by Gasteiger charge is 2.04. The Bertz CT molecular complexity index is 599. The quantitative estimate of drug-likeness (QED) is 0.822. The molecular formula is C16H14ClNO. The summed E-state index contributed by atoms with van der Waals surface area (Å²) >= 11 is 5.90. The Morgan fingerprint density at radius 1 is 1.11 bits per heavy atom. The number of nitrogens with zero attached hydrogens (tertiary/aromatic N) is 1. The molecule has 0 saturated carbocycles. The SMILES string of the molecule is COc1cc(CCC#N)cc(-c2ccc(Cl)cc2)c1. The van der Waals surface area contributed by atoms with Crippen molar-refractivity contribution in [3.8, 4) is 22.9 Å². The van der Waals surface area contributed by atoms with Crippen LogP contribution in [0.3, 0.4) is 0 Å².